The van der Waals surface area contributed by atoms with Crippen LogP contribution in [0, 0.1) is 5.92 Å². The Bertz CT molecular complexity index is 690. The standard InChI is InChI=1S/C24H43N3O8/c1-4-6-8-10-12-27(13-11-9-7-5-2)24(33)35-20(16(3)15-28)21-19(26-23(31)32)17(25)14-18(34-21)22(29)30/h14,16-17,19-21,26,28H,4-13,15,25H2,1-3H3,(H,29,30)(H,31,32)/t16-,17+,19-,20-,21-/m1/s1. The number of carbonyl (C=O) groups excluding carboxylic acids is 1. The van der Waals surface area contributed by atoms with Gasteiger partial charge in [-0.25, -0.2) is 14.4 Å². The lowest BCUT2D eigenvalue weighted by molar-refractivity contribution is -0.142. The topological polar surface area (TPSA) is 172 Å². The lowest BCUT2D eigenvalue weighted by Gasteiger charge is -2.40. The Morgan fingerprint density at radius 2 is 1.66 bits per heavy atom. The molecule has 11 heteroatoms. The first-order valence-electron chi connectivity index (χ1n) is 12.6. The highest BCUT2D eigenvalue weighted by Gasteiger charge is 2.45. The van der Waals surface area contributed by atoms with Gasteiger partial charge in [0.25, 0.3) is 0 Å². The Labute approximate surface area is 207 Å². The number of nitrogens with one attached hydrogen (secondary N) is 1. The summed E-state index contributed by atoms with van der Waals surface area (Å²) in [6.45, 7) is 6.44. The Balaban J connectivity index is 3.13. The van der Waals surface area contributed by atoms with E-state index >= 15 is 0 Å². The van der Waals surface area contributed by atoms with E-state index in [0.717, 1.165) is 57.4 Å². The lowest BCUT2D eigenvalue weighted by Crippen LogP contribution is -2.62. The van der Waals surface area contributed by atoms with Crippen molar-refractivity contribution in [2.75, 3.05) is 19.7 Å². The monoisotopic (exact) mass is 501 g/mol. The molecular weight excluding hydrogens is 458 g/mol. The molecule has 1 aliphatic heterocycles. The molecular formula is C24H43N3O8. The first-order chi connectivity index (χ1) is 16.7. The van der Waals surface area contributed by atoms with Crippen molar-refractivity contribution in [3.05, 3.63) is 11.8 Å². The molecule has 11 nitrogen and oxygen atoms in total. The number of rotatable bonds is 16. The van der Waals surface area contributed by atoms with Crippen LogP contribution in [0.4, 0.5) is 9.59 Å². The molecule has 2 amide bonds. The summed E-state index contributed by atoms with van der Waals surface area (Å²) in [5, 5.41) is 30.8. The van der Waals surface area contributed by atoms with E-state index in [9.17, 15) is 29.7 Å². The summed E-state index contributed by atoms with van der Waals surface area (Å²) < 4.78 is 11.4. The number of aliphatic hydroxyl groups is 1. The Kier molecular flexibility index (Phi) is 14.1. The van der Waals surface area contributed by atoms with E-state index in [-0.39, 0.29) is 0 Å². The van der Waals surface area contributed by atoms with Gasteiger partial charge in [-0.3, -0.25) is 0 Å². The number of hydrogen-bond donors (Lipinski definition) is 5. The van der Waals surface area contributed by atoms with Gasteiger partial charge in [-0.1, -0.05) is 59.3 Å². The minimum absolute atomic E-state index is 0.397. The quantitative estimate of drug-likeness (QED) is 0.199. The van der Waals surface area contributed by atoms with Crippen LogP contribution in [-0.4, -0.2) is 82.4 Å². The SMILES string of the molecule is CCCCCCN(CCCCCC)C(=O)O[C@@H]([C@@H]1OC(C(=O)O)=C[C@H](N)[C@H]1NC(=O)O)[C@H](C)CO. The molecule has 0 saturated carbocycles. The number of aliphatic carboxylic acids is 1. The van der Waals surface area contributed by atoms with E-state index in [2.05, 4.69) is 19.2 Å². The highest BCUT2D eigenvalue weighted by atomic mass is 16.6. The van der Waals surface area contributed by atoms with Gasteiger partial charge in [0.05, 0.1) is 12.1 Å². The minimum atomic E-state index is -1.39. The third-order valence-electron chi connectivity index (χ3n) is 6.11. The molecule has 0 unspecified atom stereocenters. The molecule has 0 fully saturated rings. The lowest BCUT2D eigenvalue weighted by atomic mass is 9.89. The van der Waals surface area contributed by atoms with E-state index < -0.39 is 60.7 Å². The second-order valence-electron chi connectivity index (χ2n) is 9.09. The maximum absolute atomic E-state index is 13.2. The van der Waals surface area contributed by atoms with Crippen LogP contribution in [0.2, 0.25) is 0 Å². The van der Waals surface area contributed by atoms with Gasteiger partial charge >= 0.3 is 18.2 Å². The van der Waals surface area contributed by atoms with E-state index in [1.165, 1.54) is 0 Å². The van der Waals surface area contributed by atoms with Crippen molar-refractivity contribution in [1.82, 2.24) is 10.2 Å². The van der Waals surface area contributed by atoms with Crippen molar-refractivity contribution in [3.8, 4) is 0 Å². The Morgan fingerprint density at radius 3 is 2.11 bits per heavy atom. The summed E-state index contributed by atoms with van der Waals surface area (Å²) in [5.41, 5.74) is 6.05. The minimum Gasteiger partial charge on any atom is -0.477 e. The normalized spacial score (nSPS) is 21.3. The molecule has 5 atom stereocenters. The number of amides is 2. The van der Waals surface area contributed by atoms with E-state index in [1.54, 1.807) is 11.8 Å². The van der Waals surface area contributed by atoms with Gasteiger partial charge in [0, 0.05) is 25.6 Å². The smallest absolute Gasteiger partial charge is 0.410 e. The Morgan fingerprint density at radius 1 is 1.09 bits per heavy atom. The van der Waals surface area contributed by atoms with Crippen LogP contribution in [0.1, 0.15) is 72.1 Å². The van der Waals surface area contributed by atoms with Crippen LogP contribution < -0.4 is 11.1 Å². The van der Waals surface area contributed by atoms with Gasteiger partial charge < -0.3 is 40.7 Å². The fourth-order valence-electron chi connectivity index (χ4n) is 4.03. The van der Waals surface area contributed by atoms with Crippen molar-refractivity contribution in [1.29, 1.82) is 0 Å². The first-order valence-corrected chi connectivity index (χ1v) is 12.6. The molecule has 0 aromatic carbocycles. The zero-order valence-corrected chi connectivity index (χ0v) is 21.1. The van der Waals surface area contributed by atoms with E-state index in [4.69, 9.17) is 15.2 Å². The predicted molar refractivity (Wildman–Crippen MR) is 130 cm³/mol. The first kappa shape index (κ1) is 30.5. The van der Waals surface area contributed by atoms with Crippen molar-refractivity contribution < 1.29 is 39.2 Å². The van der Waals surface area contributed by atoms with Crippen molar-refractivity contribution in [2.45, 2.75) is 96.4 Å². The van der Waals surface area contributed by atoms with Crippen LogP contribution in [0.3, 0.4) is 0 Å². The fraction of sp³-hybridized carbons (Fsp3) is 0.792. The van der Waals surface area contributed by atoms with E-state index in [0.29, 0.717) is 13.1 Å². The maximum atomic E-state index is 13.2. The van der Waals surface area contributed by atoms with Gasteiger partial charge in [-0.15, -0.1) is 0 Å². The third kappa shape index (κ3) is 10.3. The summed E-state index contributed by atoms with van der Waals surface area (Å²) in [6.07, 6.45) is 4.55. The number of unbranched alkanes of at least 4 members (excludes halogenated alkanes) is 6. The zero-order chi connectivity index (χ0) is 26.4. The number of nitrogens with two attached hydrogens (primary N) is 1. The molecule has 1 rings (SSSR count). The highest BCUT2D eigenvalue weighted by molar-refractivity contribution is 5.84. The summed E-state index contributed by atoms with van der Waals surface area (Å²) in [6, 6.07) is -2.13. The summed E-state index contributed by atoms with van der Waals surface area (Å²) in [5.74, 6) is -2.52. The summed E-state index contributed by atoms with van der Waals surface area (Å²) in [4.78, 5) is 37.8. The molecule has 0 aromatic heterocycles. The second kappa shape index (κ2) is 16.2. The number of carboxylic acid groups (broad SMARTS) is 2. The van der Waals surface area contributed by atoms with Gasteiger partial charge in [-0.2, -0.15) is 0 Å². The van der Waals surface area contributed by atoms with Crippen LogP contribution in [0.25, 0.3) is 0 Å². The second-order valence-corrected chi connectivity index (χ2v) is 9.09. The predicted octanol–water partition coefficient (Wildman–Crippen LogP) is 2.91. The zero-order valence-electron chi connectivity index (χ0n) is 21.1. The van der Waals surface area contributed by atoms with Crippen LogP contribution in [0.5, 0.6) is 0 Å². The molecule has 1 heterocycles. The molecule has 0 saturated heterocycles. The molecule has 0 aliphatic carbocycles. The average molecular weight is 502 g/mol. The Hall–Kier alpha value is -2.53. The largest absolute Gasteiger partial charge is 0.477 e. The molecule has 0 aromatic rings. The molecule has 0 spiro atoms. The van der Waals surface area contributed by atoms with Crippen LogP contribution in [0.15, 0.2) is 11.8 Å². The van der Waals surface area contributed by atoms with Gasteiger partial charge in [-0.05, 0) is 18.9 Å². The van der Waals surface area contributed by atoms with Gasteiger partial charge in [0.2, 0.25) is 5.76 Å². The number of hydrogen-bond acceptors (Lipinski definition) is 7. The van der Waals surface area contributed by atoms with Crippen molar-refractivity contribution in [3.63, 3.8) is 0 Å². The van der Waals surface area contributed by atoms with E-state index in [1.807, 2.05) is 0 Å². The number of carbonyl (C=O) groups is 3. The van der Waals surface area contributed by atoms with Crippen molar-refractivity contribution >= 4 is 18.2 Å². The number of ether oxygens (including phenoxy) is 2. The number of nitrogens with zero attached hydrogens (tertiary/aromatic N) is 1. The van der Waals surface area contributed by atoms with Gasteiger partial charge in [0.1, 0.15) is 6.10 Å². The maximum Gasteiger partial charge on any atom is 0.410 e. The molecule has 0 radical (unpaired) electrons. The summed E-state index contributed by atoms with van der Waals surface area (Å²) in [7, 11) is 0. The molecule has 202 valence electrons. The molecule has 1 aliphatic rings. The third-order valence-corrected chi connectivity index (χ3v) is 6.11. The molecule has 6 N–H and O–H groups in total. The van der Waals surface area contributed by atoms with Crippen molar-refractivity contribution in [2.24, 2.45) is 11.7 Å². The molecule has 0 bridgehead atoms. The van der Waals surface area contributed by atoms with Crippen LogP contribution in [-0.2, 0) is 14.3 Å². The van der Waals surface area contributed by atoms with Crippen LogP contribution >= 0.6 is 0 Å². The highest BCUT2D eigenvalue weighted by Crippen LogP contribution is 2.27. The fourth-order valence-corrected chi connectivity index (χ4v) is 4.03. The average Bonchev–Trinajstić information content (AvgIpc) is 2.81. The van der Waals surface area contributed by atoms with Gasteiger partial charge in [0.15, 0.2) is 6.10 Å². The number of aliphatic hydroxyl groups excluding tert-OH is 1. The number of carboxylic acids is 1. The summed E-state index contributed by atoms with van der Waals surface area (Å²) >= 11 is 0. The molecule has 35 heavy (non-hydrogen) atoms.